The lowest BCUT2D eigenvalue weighted by Crippen LogP contribution is -2.21. The van der Waals surface area contributed by atoms with Crippen molar-refractivity contribution < 1.29 is 0 Å². The summed E-state index contributed by atoms with van der Waals surface area (Å²) < 4.78 is 10.2. The predicted octanol–water partition coefficient (Wildman–Crippen LogP) is 16.0. The molecule has 2 aliphatic heterocycles. The van der Waals surface area contributed by atoms with E-state index >= 15 is 0 Å². The minimum atomic E-state index is -0.997. The van der Waals surface area contributed by atoms with Gasteiger partial charge in [-0.3, -0.25) is 18.7 Å². The van der Waals surface area contributed by atoms with Gasteiger partial charge in [-0.05, 0) is 106 Å². The molecule has 0 aliphatic carbocycles. The van der Waals surface area contributed by atoms with Crippen LogP contribution in [0.1, 0.15) is 0 Å². The number of hydrogen-bond donors (Lipinski definition) is 0. The van der Waals surface area contributed by atoms with Crippen molar-refractivity contribution in [3.8, 4) is 22.3 Å². The summed E-state index contributed by atoms with van der Waals surface area (Å²) in [6, 6.07) is 93.2. The molecule has 64 heavy (non-hydrogen) atoms. The third-order valence-corrected chi connectivity index (χ3v) is 17.0. The van der Waals surface area contributed by atoms with Gasteiger partial charge in [-0.2, -0.15) is 0 Å². The van der Waals surface area contributed by atoms with Crippen molar-refractivity contribution in [1.82, 2.24) is 0 Å². The maximum Gasteiger partial charge on any atom is 0.138 e. The van der Waals surface area contributed by atoms with Crippen LogP contribution in [0.4, 0.5) is 45.5 Å². The molecule has 0 radical (unpaired) electrons. The topological polar surface area (TPSA) is 13.0 Å². The molecule has 304 valence electrons. The summed E-state index contributed by atoms with van der Waals surface area (Å²) in [5.74, 6) is 0. The van der Waals surface area contributed by atoms with Crippen LogP contribution >= 0.6 is 16.4 Å². The van der Waals surface area contributed by atoms with Gasteiger partial charge in [0, 0.05) is 33.4 Å². The Morgan fingerprint density at radius 2 is 0.516 bits per heavy atom. The van der Waals surface area contributed by atoms with Crippen LogP contribution in [0.25, 0.3) is 33.0 Å². The first-order valence-corrected chi connectivity index (χ1v) is 24.2. The average molecular weight is 857 g/mol. The van der Waals surface area contributed by atoms with Crippen molar-refractivity contribution in [3.05, 3.63) is 255 Å². The molecular formula is C58H42N4P2. The quantitative estimate of drug-likeness (QED) is 0.141. The zero-order chi connectivity index (χ0) is 42.4. The molecule has 2 unspecified atom stereocenters. The molecule has 0 spiro atoms. The van der Waals surface area contributed by atoms with E-state index in [1.165, 1.54) is 89.1 Å². The Kier molecular flexibility index (Phi) is 9.75. The summed E-state index contributed by atoms with van der Waals surface area (Å²) in [5.41, 5.74) is 14.3. The second kappa shape index (κ2) is 16.3. The monoisotopic (exact) mass is 856 g/mol. The molecule has 0 aromatic heterocycles. The predicted molar refractivity (Wildman–Crippen MR) is 275 cm³/mol. The van der Waals surface area contributed by atoms with Gasteiger partial charge in [0.2, 0.25) is 0 Å². The fraction of sp³-hybridized carbons (Fsp3) is 0. The maximum atomic E-state index is 2.57. The number of para-hydroxylation sites is 4. The average Bonchev–Trinajstić information content (AvgIpc) is 3.91. The van der Waals surface area contributed by atoms with Crippen LogP contribution in [0.15, 0.2) is 255 Å². The smallest absolute Gasteiger partial charge is 0.138 e. The van der Waals surface area contributed by atoms with E-state index in [1.807, 2.05) is 0 Å². The van der Waals surface area contributed by atoms with Crippen LogP contribution in [-0.2, 0) is 0 Å². The summed E-state index contributed by atoms with van der Waals surface area (Å²) in [6.45, 7) is 0. The van der Waals surface area contributed by atoms with Crippen molar-refractivity contribution in [3.63, 3.8) is 0 Å². The molecule has 0 N–H and O–H groups in total. The van der Waals surface area contributed by atoms with Crippen molar-refractivity contribution >= 4 is 83.3 Å². The highest BCUT2D eigenvalue weighted by atomic mass is 31.1. The van der Waals surface area contributed by atoms with Crippen LogP contribution in [0.2, 0.25) is 0 Å². The molecule has 0 bridgehead atoms. The summed E-state index contributed by atoms with van der Waals surface area (Å²) in [4.78, 5) is 0. The Morgan fingerprint density at radius 3 is 0.844 bits per heavy atom. The molecule has 0 saturated heterocycles. The van der Waals surface area contributed by atoms with Gasteiger partial charge < -0.3 is 0 Å². The SMILES string of the molecule is c1ccc(N2c3ccc(-c4ccc(-c5ccc6c(c5)N(c5ccccc5)P(c5ccccc5)N6c5ccccc5)c5ccccc45)cc3N(c3ccccc3)P2c2ccccc2)cc1. The molecule has 2 heterocycles. The van der Waals surface area contributed by atoms with Crippen LogP contribution in [0.5, 0.6) is 0 Å². The standard InChI is InChI=1S/C58H42N4P2/c1-7-21-45(22-8-1)59-55-39-35-43(41-57(55)61(47-25-11-3-12-26-47)63(59)49-29-15-5-16-30-49)51-37-38-52(54-34-20-19-33-53(51)54)44-36-40-56-58(42-44)62(48-27-13-4-14-28-48)64(50-31-17-6-18-32-50)60(56)46-23-9-2-10-24-46/h1-42H. The molecule has 2 atom stereocenters. The normalized spacial score (nSPS) is 15.4. The molecule has 0 amide bonds. The second-order valence-electron chi connectivity index (χ2n) is 16.0. The van der Waals surface area contributed by atoms with Gasteiger partial charge >= 0.3 is 0 Å². The summed E-state index contributed by atoms with van der Waals surface area (Å²) in [7, 11) is -1.99. The zero-order valence-corrected chi connectivity index (χ0v) is 36.7. The number of nitrogens with zero attached hydrogens (tertiary/aromatic N) is 4. The van der Waals surface area contributed by atoms with Crippen molar-refractivity contribution in [1.29, 1.82) is 0 Å². The lowest BCUT2D eigenvalue weighted by molar-refractivity contribution is 1.44. The Bertz CT molecular complexity index is 3030. The highest BCUT2D eigenvalue weighted by Crippen LogP contribution is 2.67. The number of fused-ring (bicyclic) bond motifs is 3. The van der Waals surface area contributed by atoms with E-state index in [9.17, 15) is 0 Å². The Hall–Kier alpha value is -7.48. The van der Waals surface area contributed by atoms with Crippen LogP contribution in [-0.4, -0.2) is 0 Å². The van der Waals surface area contributed by atoms with Crippen molar-refractivity contribution in [2.75, 3.05) is 18.7 Å². The van der Waals surface area contributed by atoms with E-state index in [0.29, 0.717) is 0 Å². The molecule has 12 rings (SSSR count). The third-order valence-electron chi connectivity index (χ3n) is 12.1. The highest BCUT2D eigenvalue weighted by Gasteiger charge is 2.41. The highest BCUT2D eigenvalue weighted by molar-refractivity contribution is 7.70. The molecular weight excluding hydrogens is 815 g/mol. The summed E-state index contributed by atoms with van der Waals surface area (Å²) in [6.07, 6.45) is 0. The number of hydrogen-bond acceptors (Lipinski definition) is 4. The van der Waals surface area contributed by atoms with Crippen molar-refractivity contribution in [2.24, 2.45) is 0 Å². The maximum absolute atomic E-state index is 2.57. The molecule has 0 saturated carbocycles. The Labute approximate surface area is 377 Å². The van der Waals surface area contributed by atoms with Gasteiger partial charge in [0.25, 0.3) is 0 Å². The van der Waals surface area contributed by atoms with Crippen molar-refractivity contribution in [2.45, 2.75) is 0 Å². The molecule has 10 aromatic carbocycles. The lowest BCUT2D eigenvalue weighted by Gasteiger charge is -2.32. The van der Waals surface area contributed by atoms with Crippen LogP contribution in [0.3, 0.4) is 0 Å². The largest absolute Gasteiger partial charge is 0.297 e. The molecule has 4 nitrogen and oxygen atoms in total. The van der Waals surface area contributed by atoms with E-state index in [1.54, 1.807) is 0 Å². The van der Waals surface area contributed by atoms with E-state index < -0.39 is 16.4 Å². The number of rotatable bonds is 8. The minimum Gasteiger partial charge on any atom is -0.297 e. The Balaban J connectivity index is 1.01. The van der Waals surface area contributed by atoms with E-state index in [4.69, 9.17) is 0 Å². The first-order valence-electron chi connectivity index (χ1n) is 21.7. The first-order chi connectivity index (χ1) is 31.8. The molecule has 0 fully saturated rings. The van der Waals surface area contributed by atoms with Gasteiger partial charge in [-0.1, -0.05) is 182 Å². The first kappa shape index (κ1) is 38.2. The van der Waals surface area contributed by atoms with Gasteiger partial charge in [-0.25, -0.2) is 0 Å². The van der Waals surface area contributed by atoms with Crippen LogP contribution in [0, 0.1) is 0 Å². The van der Waals surface area contributed by atoms with Gasteiger partial charge in [-0.15, -0.1) is 0 Å². The van der Waals surface area contributed by atoms with Gasteiger partial charge in [0.05, 0.1) is 22.7 Å². The zero-order valence-electron chi connectivity index (χ0n) is 34.9. The van der Waals surface area contributed by atoms with E-state index in [-0.39, 0.29) is 0 Å². The summed E-state index contributed by atoms with van der Waals surface area (Å²) >= 11 is 0. The number of benzene rings is 10. The molecule has 6 heteroatoms. The Morgan fingerprint density at radius 1 is 0.234 bits per heavy atom. The van der Waals surface area contributed by atoms with Gasteiger partial charge in [0.15, 0.2) is 0 Å². The summed E-state index contributed by atoms with van der Waals surface area (Å²) in [5, 5.41) is 5.04. The van der Waals surface area contributed by atoms with E-state index in [0.717, 1.165) is 0 Å². The lowest BCUT2D eigenvalue weighted by atomic mass is 9.91. The third kappa shape index (κ3) is 6.54. The second-order valence-corrected chi connectivity index (χ2v) is 19.7. The molecule has 2 aliphatic rings. The molecule has 10 aromatic rings. The van der Waals surface area contributed by atoms with Gasteiger partial charge in [0.1, 0.15) is 16.4 Å². The number of anilines is 8. The minimum absolute atomic E-state index is 0.997. The fourth-order valence-corrected chi connectivity index (χ4v) is 14.4. The fourth-order valence-electron chi connectivity index (χ4n) is 9.32. The van der Waals surface area contributed by atoms with E-state index in [2.05, 4.69) is 273 Å². The van der Waals surface area contributed by atoms with Crippen LogP contribution < -0.4 is 29.3 Å².